The molecule has 0 saturated carbocycles. The number of nitrogens with one attached hydrogen (secondary N) is 2. The highest BCUT2D eigenvalue weighted by Gasteiger charge is 2.35. The number of hydrogen-bond donors (Lipinski definition) is 2. The molecule has 0 radical (unpaired) electrons. The number of rotatable bonds is 9. The van der Waals surface area contributed by atoms with Crippen LogP contribution in [0.2, 0.25) is 0 Å². The number of carbonyl (C=O) groups excluding carboxylic acids is 3. The lowest BCUT2D eigenvalue weighted by molar-refractivity contribution is -0.384. The zero-order valence-electron chi connectivity index (χ0n) is 15.9. The number of benzene rings is 1. The highest BCUT2D eigenvalue weighted by atomic mass is 16.6. The molecule has 10 nitrogen and oxygen atoms in total. The predicted octanol–water partition coefficient (Wildman–Crippen LogP) is 0.259. The number of allylic oxidation sites excluding steroid dienone is 2. The zero-order valence-corrected chi connectivity index (χ0v) is 15.9. The molecule has 1 heterocycles. The molecule has 0 fully saturated rings. The molecule has 0 spiro atoms. The number of carboxylic acids is 1. The van der Waals surface area contributed by atoms with Gasteiger partial charge in [-0.3, -0.25) is 14.9 Å². The molecule has 2 N–H and O–H groups in total. The Hall–Kier alpha value is -3.69. The van der Waals surface area contributed by atoms with Crippen LogP contribution in [0, 0.1) is 10.1 Å². The Balaban J connectivity index is 2.44. The van der Waals surface area contributed by atoms with Crippen LogP contribution in [0.4, 0.5) is 5.69 Å². The van der Waals surface area contributed by atoms with Crippen molar-refractivity contribution in [2.75, 3.05) is 13.2 Å². The summed E-state index contributed by atoms with van der Waals surface area (Å²) in [6, 6.07) is 5.42. The summed E-state index contributed by atoms with van der Waals surface area (Å²) < 4.78 is 5.23. The molecule has 10 heteroatoms. The molecule has 1 atom stereocenters. The van der Waals surface area contributed by atoms with E-state index in [2.05, 4.69) is 10.6 Å². The van der Waals surface area contributed by atoms with Gasteiger partial charge in [-0.15, -0.1) is 0 Å². The summed E-state index contributed by atoms with van der Waals surface area (Å²) in [6.45, 7) is 3.42. The number of ether oxygens (including phenoxy) is 1. The monoisotopic (exact) mass is 402 g/mol. The fraction of sp³-hybridized carbons (Fsp3) is 0.316. The van der Waals surface area contributed by atoms with Gasteiger partial charge in [-0.2, -0.15) is 0 Å². The number of non-ortho nitro benzene ring substituents is 1. The largest absolute Gasteiger partial charge is 0.545 e. The molecular formula is C19H20N3O7-. The maximum absolute atomic E-state index is 12.7. The normalized spacial score (nSPS) is 16.1. The number of carboxylic acid groups (broad SMARTS) is 1. The number of esters is 1. The van der Waals surface area contributed by atoms with E-state index in [0.29, 0.717) is 25.1 Å². The number of aliphatic carboxylic acids is 1. The number of nitro benzene ring substituents is 1. The minimum Gasteiger partial charge on any atom is -0.545 e. The van der Waals surface area contributed by atoms with E-state index in [1.54, 1.807) is 6.92 Å². The summed E-state index contributed by atoms with van der Waals surface area (Å²) in [5.74, 6) is -3.36. The number of amides is 1. The molecule has 2 rings (SSSR count). The van der Waals surface area contributed by atoms with E-state index in [4.69, 9.17) is 4.74 Å². The van der Waals surface area contributed by atoms with Crippen molar-refractivity contribution in [3.05, 3.63) is 62.5 Å². The second-order valence-corrected chi connectivity index (χ2v) is 6.34. The topological polar surface area (TPSA) is 151 Å². The Morgan fingerprint density at radius 3 is 2.59 bits per heavy atom. The quantitative estimate of drug-likeness (QED) is 0.196. The van der Waals surface area contributed by atoms with Gasteiger partial charge < -0.3 is 25.3 Å². The molecule has 1 unspecified atom stereocenters. The van der Waals surface area contributed by atoms with Crippen LogP contribution in [-0.4, -0.2) is 36.4 Å². The van der Waals surface area contributed by atoms with E-state index >= 15 is 0 Å². The molecule has 1 aromatic carbocycles. The van der Waals surface area contributed by atoms with Gasteiger partial charge >= 0.3 is 5.97 Å². The highest BCUT2D eigenvalue weighted by Crippen LogP contribution is 2.39. The maximum Gasteiger partial charge on any atom is 0.336 e. The maximum atomic E-state index is 12.7. The number of dihydropyridines is 1. The third kappa shape index (κ3) is 4.98. The summed E-state index contributed by atoms with van der Waals surface area (Å²) in [6.07, 6.45) is 0.894. The van der Waals surface area contributed by atoms with Gasteiger partial charge in [0.05, 0.1) is 23.1 Å². The van der Waals surface area contributed by atoms with Crippen molar-refractivity contribution >= 4 is 24.0 Å². The third-order valence-electron chi connectivity index (χ3n) is 4.40. The first-order chi connectivity index (χ1) is 13.8. The SMILES string of the molecule is CC1=C(C(=O)[O-])C(c2cccc([N+](=O)[O-])c2)C(C(=O)OCCCNC=O)=C(C)N1. The fourth-order valence-electron chi connectivity index (χ4n) is 3.16. The first kappa shape index (κ1) is 21.6. The number of hydrogen-bond acceptors (Lipinski definition) is 8. The highest BCUT2D eigenvalue weighted by molar-refractivity contribution is 5.98. The number of carbonyl (C=O) groups is 3. The lowest BCUT2D eigenvalue weighted by Gasteiger charge is -2.32. The Kier molecular flexibility index (Phi) is 7.07. The molecule has 0 saturated heterocycles. The number of nitrogens with zero attached hydrogens (tertiary/aromatic N) is 1. The van der Waals surface area contributed by atoms with Gasteiger partial charge in [0.2, 0.25) is 6.41 Å². The second-order valence-electron chi connectivity index (χ2n) is 6.34. The molecule has 1 aromatic rings. The molecule has 1 amide bonds. The Labute approximate surface area is 166 Å². The summed E-state index contributed by atoms with van der Waals surface area (Å²) in [5.41, 5.74) is 0.491. The Bertz CT molecular complexity index is 905. The molecule has 154 valence electrons. The van der Waals surface area contributed by atoms with Gasteiger partial charge in [0.15, 0.2) is 0 Å². The third-order valence-corrected chi connectivity index (χ3v) is 4.40. The molecular weight excluding hydrogens is 382 g/mol. The van der Waals surface area contributed by atoms with Gasteiger partial charge in [0.25, 0.3) is 5.69 Å². The lowest BCUT2D eigenvalue weighted by atomic mass is 9.80. The van der Waals surface area contributed by atoms with Crippen LogP contribution in [-0.2, 0) is 19.1 Å². The average Bonchev–Trinajstić information content (AvgIpc) is 2.66. The molecule has 1 aliphatic rings. The van der Waals surface area contributed by atoms with Gasteiger partial charge in [-0.25, -0.2) is 4.79 Å². The average molecular weight is 402 g/mol. The molecule has 0 aromatic heterocycles. The van der Waals surface area contributed by atoms with Crippen LogP contribution in [0.5, 0.6) is 0 Å². The Morgan fingerprint density at radius 2 is 1.97 bits per heavy atom. The second kappa shape index (κ2) is 9.49. The van der Waals surface area contributed by atoms with Gasteiger partial charge in [-0.05, 0) is 25.8 Å². The van der Waals surface area contributed by atoms with Crippen molar-refractivity contribution in [2.24, 2.45) is 0 Å². The van der Waals surface area contributed by atoms with Crippen molar-refractivity contribution < 1.29 is 29.2 Å². The molecule has 0 bridgehead atoms. The first-order valence-electron chi connectivity index (χ1n) is 8.76. The summed E-state index contributed by atoms with van der Waals surface area (Å²) in [5, 5.41) is 28.2. The summed E-state index contributed by atoms with van der Waals surface area (Å²) in [7, 11) is 0. The van der Waals surface area contributed by atoms with Crippen LogP contribution in [0.25, 0.3) is 0 Å². The molecule has 29 heavy (non-hydrogen) atoms. The summed E-state index contributed by atoms with van der Waals surface area (Å²) >= 11 is 0. The van der Waals surface area contributed by atoms with E-state index in [0.717, 1.165) is 0 Å². The smallest absolute Gasteiger partial charge is 0.336 e. The van der Waals surface area contributed by atoms with Crippen molar-refractivity contribution in [1.82, 2.24) is 10.6 Å². The van der Waals surface area contributed by atoms with Gasteiger partial charge in [0, 0.05) is 41.6 Å². The van der Waals surface area contributed by atoms with Crippen LogP contribution >= 0.6 is 0 Å². The Morgan fingerprint density at radius 1 is 1.28 bits per heavy atom. The van der Waals surface area contributed by atoms with Crippen molar-refractivity contribution in [3.63, 3.8) is 0 Å². The van der Waals surface area contributed by atoms with E-state index in [9.17, 15) is 29.6 Å². The predicted molar refractivity (Wildman–Crippen MR) is 99.0 cm³/mol. The van der Waals surface area contributed by atoms with E-state index in [1.807, 2.05) is 0 Å². The summed E-state index contributed by atoms with van der Waals surface area (Å²) in [4.78, 5) is 45.3. The zero-order chi connectivity index (χ0) is 21.6. The standard InChI is InChI=1S/C19H21N3O7/c1-11-15(18(24)25)17(13-5-3-6-14(9-13)22(27)28)16(12(2)21-11)19(26)29-8-4-7-20-10-23/h3,5-6,9-10,17,21H,4,7-8H2,1-2H3,(H,20,23)(H,24,25)/p-1. The first-order valence-corrected chi connectivity index (χ1v) is 8.76. The van der Waals surface area contributed by atoms with Crippen LogP contribution < -0.4 is 15.7 Å². The molecule has 1 aliphatic heterocycles. The van der Waals surface area contributed by atoms with Crippen molar-refractivity contribution in [2.45, 2.75) is 26.2 Å². The van der Waals surface area contributed by atoms with Gasteiger partial charge in [0.1, 0.15) is 0 Å². The van der Waals surface area contributed by atoms with Crippen LogP contribution in [0.1, 0.15) is 31.7 Å². The van der Waals surface area contributed by atoms with Crippen LogP contribution in [0.3, 0.4) is 0 Å². The van der Waals surface area contributed by atoms with E-state index in [-0.39, 0.29) is 34.7 Å². The van der Waals surface area contributed by atoms with E-state index in [1.165, 1.54) is 31.2 Å². The minimum atomic E-state index is -1.50. The lowest BCUT2D eigenvalue weighted by Crippen LogP contribution is -2.37. The molecule has 0 aliphatic carbocycles. The van der Waals surface area contributed by atoms with Crippen molar-refractivity contribution in [3.8, 4) is 0 Å². The number of nitro groups is 1. The van der Waals surface area contributed by atoms with Crippen molar-refractivity contribution in [1.29, 1.82) is 0 Å². The fourth-order valence-corrected chi connectivity index (χ4v) is 3.16. The van der Waals surface area contributed by atoms with E-state index < -0.39 is 22.8 Å². The van der Waals surface area contributed by atoms with Gasteiger partial charge in [-0.1, -0.05) is 12.1 Å². The van der Waals surface area contributed by atoms with Crippen LogP contribution in [0.15, 0.2) is 46.8 Å². The minimum absolute atomic E-state index is 0.00145.